The van der Waals surface area contributed by atoms with Gasteiger partial charge in [-0.05, 0) is 12.1 Å². The van der Waals surface area contributed by atoms with Gasteiger partial charge in [-0.3, -0.25) is 4.79 Å². The first kappa shape index (κ1) is 14.9. The zero-order valence-corrected chi connectivity index (χ0v) is 12.3. The van der Waals surface area contributed by atoms with E-state index in [-0.39, 0.29) is 0 Å². The summed E-state index contributed by atoms with van der Waals surface area (Å²) >= 11 is 7.51. The highest BCUT2D eigenvalue weighted by atomic mass is 35.5. The zero-order chi connectivity index (χ0) is 14.5. The van der Waals surface area contributed by atoms with E-state index in [0.29, 0.717) is 33.8 Å². The van der Waals surface area contributed by atoms with Crippen LogP contribution in [0.25, 0.3) is 11.5 Å². The number of rotatable bonds is 6. The second kappa shape index (κ2) is 6.76. The number of thioether (sulfide) groups is 1. The number of hydrogen-bond donors (Lipinski definition) is 1. The maximum Gasteiger partial charge on any atom is 0.307 e. The monoisotopic (exact) mass is 312 g/mol. The molecule has 1 heterocycles. The normalized spacial score (nSPS) is 12.3. The highest BCUT2D eigenvalue weighted by Crippen LogP contribution is 2.26. The molecule has 1 N–H and O–H groups in total. The van der Waals surface area contributed by atoms with Gasteiger partial charge in [-0.2, -0.15) is 16.7 Å². The molecule has 2 aromatic rings. The summed E-state index contributed by atoms with van der Waals surface area (Å²) in [6, 6.07) is 7.23. The number of carboxylic acids is 1. The number of carboxylic acid groups (broad SMARTS) is 1. The molecule has 0 amide bonds. The SMILES string of the molecule is CC(CSCc1noc(-c2ccccc2Cl)n1)C(=O)O. The van der Waals surface area contributed by atoms with Crippen LogP contribution in [0.15, 0.2) is 28.8 Å². The molecule has 0 fully saturated rings. The molecule has 0 aliphatic carbocycles. The van der Waals surface area contributed by atoms with E-state index in [4.69, 9.17) is 21.2 Å². The number of nitrogens with zero attached hydrogens (tertiary/aromatic N) is 2. The third-order valence-electron chi connectivity index (χ3n) is 2.59. The Labute approximate surface area is 125 Å². The van der Waals surface area contributed by atoms with Crippen molar-refractivity contribution < 1.29 is 14.4 Å². The molecule has 1 aromatic heterocycles. The Balaban J connectivity index is 1.96. The summed E-state index contributed by atoms with van der Waals surface area (Å²) in [5, 5.41) is 13.2. The van der Waals surface area contributed by atoms with Crippen molar-refractivity contribution in [3.05, 3.63) is 35.1 Å². The molecule has 2 rings (SSSR count). The summed E-state index contributed by atoms with van der Waals surface area (Å²) in [6.07, 6.45) is 0. The lowest BCUT2D eigenvalue weighted by molar-refractivity contribution is -0.140. The number of hydrogen-bond acceptors (Lipinski definition) is 5. The predicted octanol–water partition coefficient (Wildman–Crippen LogP) is 3.34. The summed E-state index contributed by atoms with van der Waals surface area (Å²) in [7, 11) is 0. The molecule has 0 aliphatic rings. The van der Waals surface area contributed by atoms with Crippen LogP contribution in [-0.2, 0) is 10.5 Å². The molecule has 0 spiro atoms. The Morgan fingerprint density at radius 1 is 1.50 bits per heavy atom. The molecule has 0 saturated carbocycles. The highest BCUT2D eigenvalue weighted by Gasteiger charge is 2.14. The predicted molar refractivity (Wildman–Crippen MR) is 77.7 cm³/mol. The molecule has 5 nitrogen and oxygen atoms in total. The Hall–Kier alpha value is -1.53. The van der Waals surface area contributed by atoms with Crippen molar-refractivity contribution in [2.75, 3.05) is 5.75 Å². The van der Waals surface area contributed by atoms with E-state index in [0.717, 1.165) is 0 Å². The Morgan fingerprint density at radius 2 is 2.25 bits per heavy atom. The summed E-state index contributed by atoms with van der Waals surface area (Å²) in [5.41, 5.74) is 0.692. The third-order valence-corrected chi connectivity index (χ3v) is 4.12. The Bertz CT molecular complexity index is 603. The highest BCUT2D eigenvalue weighted by molar-refractivity contribution is 7.98. The van der Waals surface area contributed by atoms with Crippen LogP contribution in [0.5, 0.6) is 0 Å². The van der Waals surface area contributed by atoms with Gasteiger partial charge in [0.1, 0.15) is 0 Å². The zero-order valence-electron chi connectivity index (χ0n) is 10.7. The van der Waals surface area contributed by atoms with E-state index in [9.17, 15) is 4.79 Å². The van der Waals surface area contributed by atoms with E-state index in [1.165, 1.54) is 11.8 Å². The van der Waals surface area contributed by atoms with Crippen LogP contribution in [0.3, 0.4) is 0 Å². The maximum absolute atomic E-state index is 10.7. The lowest BCUT2D eigenvalue weighted by Gasteiger charge is -2.02. The van der Waals surface area contributed by atoms with Gasteiger partial charge in [-0.15, -0.1) is 0 Å². The fraction of sp³-hybridized carbons (Fsp3) is 0.308. The van der Waals surface area contributed by atoms with Gasteiger partial charge in [-0.25, -0.2) is 0 Å². The van der Waals surface area contributed by atoms with Gasteiger partial charge in [-0.1, -0.05) is 35.8 Å². The van der Waals surface area contributed by atoms with Crippen LogP contribution >= 0.6 is 23.4 Å². The molecule has 1 atom stereocenters. The standard InChI is InChI=1S/C13H13ClN2O3S/c1-8(13(17)18)6-20-7-11-15-12(19-16-11)9-4-2-3-5-10(9)14/h2-5,8H,6-7H2,1H3,(H,17,18). The van der Waals surface area contributed by atoms with Crippen LogP contribution in [0.4, 0.5) is 0 Å². The lowest BCUT2D eigenvalue weighted by Crippen LogP contribution is -2.11. The van der Waals surface area contributed by atoms with E-state index < -0.39 is 11.9 Å². The molecule has 0 aliphatic heterocycles. The molecule has 7 heteroatoms. The first-order chi connectivity index (χ1) is 9.58. The van der Waals surface area contributed by atoms with Gasteiger partial charge in [0, 0.05) is 5.75 Å². The third kappa shape index (κ3) is 3.74. The van der Waals surface area contributed by atoms with Crippen molar-refractivity contribution in [1.82, 2.24) is 10.1 Å². The first-order valence-electron chi connectivity index (χ1n) is 5.96. The topological polar surface area (TPSA) is 76.2 Å². The smallest absolute Gasteiger partial charge is 0.307 e. The minimum Gasteiger partial charge on any atom is -0.481 e. The molecular formula is C13H13ClN2O3S. The van der Waals surface area contributed by atoms with E-state index >= 15 is 0 Å². The quantitative estimate of drug-likeness (QED) is 0.881. The summed E-state index contributed by atoms with van der Waals surface area (Å²) in [6.45, 7) is 1.67. The summed E-state index contributed by atoms with van der Waals surface area (Å²) in [4.78, 5) is 14.9. The lowest BCUT2D eigenvalue weighted by atomic mass is 10.2. The van der Waals surface area contributed by atoms with Crippen LogP contribution < -0.4 is 0 Å². The number of halogens is 1. The molecule has 1 aromatic carbocycles. The van der Waals surface area contributed by atoms with Crippen molar-refractivity contribution in [2.45, 2.75) is 12.7 Å². The van der Waals surface area contributed by atoms with Gasteiger partial charge in [0.05, 0.1) is 22.3 Å². The Kier molecular flexibility index (Phi) is 5.03. The van der Waals surface area contributed by atoms with Crippen molar-refractivity contribution in [2.24, 2.45) is 5.92 Å². The van der Waals surface area contributed by atoms with Crippen molar-refractivity contribution in [3.63, 3.8) is 0 Å². The van der Waals surface area contributed by atoms with Gasteiger partial charge in [0.15, 0.2) is 5.82 Å². The van der Waals surface area contributed by atoms with E-state index in [1.807, 2.05) is 12.1 Å². The molecular weight excluding hydrogens is 300 g/mol. The van der Waals surface area contributed by atoms with Crippen LogP contribution in [0.1, 0.15) is 12.7 Å². The fourth-order valence-electron chi connectivity index (χ4n) is 1.45. The summed E-state index contributed by atoms with van der Waals surface area (Å²) < 4.78 is 5.16. The average molecular weight is 313 g/mol. The first-order valence-corrected chi connectivity index (χ1v) is 7.49. The average Bonchev–Trinajstić information content (AvgIpc) is 2.87. The largest absolute Gasteiger partial charge is 0.481 e. The maximum atomic E-state index is 10.7. The Morgan fingerprint density at radius 3 is 2.95 bits per heavy atom. The number of carbonyl (C=O) groups is 1. The van der Waals surface area contributed by atoms with Gasteiger partial charge in [0.25, 0.3) is 5.89 Å². The van der Waals surface area contributed by atoms with Crippen molar-refractivity contribution in [1.29, 1.82) is 0 Å². The van der Waals surface area contributed by atoms with Gasteiger partial charge < -0.3 is 9.63 Å². The minimum absolute atomic E-state index is 0.373. The number of benzene rings is 1. The minimum atomic E-state index is -0.803. The molecule has 0 saturated heterocycles. The fourth-order valence-corrected chi connectivity index (χ4v) is 2.59. The van der Waals surface area contributed by atoms with E-state index in [2.05, 4.69) is 10.1 Å². The number of aromatic nitrogens is 2. The molecule has 1 unspecified atom stereocenters. The molecule has 0 bridgehead atoms. The van der Waals surface area contributed by atoms with Crippen LogP contribution in [0.2, 0.25) is 5.02 Å². The van der Waals surface area contributed by atoms with Crippen LogP contribution in [0, 0.1) is 5.92 Å². The van der Waals surface area contributed by atoms with Crippen molar-refractivity contribution in [3.8, 4) is 11.5 Å². The second-order valence-corrected chi connectivity index (χ2v) is 5.69. The van der Waals surface area contributed by atoms with E-state index in [1.54, 1.807) is 19.1 Å². The van der Waals surface area contributed by atoms with Gasteiger partial charge in [0.2, 0.25) is 0 Å². The molecule has 20 heavy (non-hydrogen) atoms. The van der Waals surface area contributed by atoms with Crippen LogP contribution in [-0.4, -0.2) is 27.0 Å². The number of aliphatic carboxylic acids is 1. The van der Waals surface area contributed by atoms with Crippen molar-refractivity contribution >= 4 is 29.3 Å². The van der Waals surface area contributed by atoms with Gasteiger partial charge >= 0.3 is 5.97 Å². The summed E-state index contributed by atoms with van der Waals surface area (Å²) in [5.74, 6) is 0.717. The second-order valence-electron chi connectivity index (χ2n) is 4.25. The molecule has 106 valence electrons. The molecule has 0 radical (unpaired) electrons.